The van der Waals surface area contributed by atoms with Gasteiger partial charge in [-0.15, -0.1) is 0 Å². The third-order valence-electron chi connectivity index (χ3n) is 3.35. The first-order valence-corrected chi connectivity index (χ1v) is 7.08. The van der Waals surface area contributed by atoms with Crippen LogP contribution in [-0.2, 0) is 0 Å². The number of aryl methyl sites for hydroxylation is 1. The van der Waals surface area contributed by atoms with E-state index >= 15 is 0 Å². The van der Waals surface area contributed by atoms with Crippen molar-refractivity contribution in [1.29, 1.82) is 0 Å². The van der Waals surface area contributed by atoms with Crippen LogP contribution in [0.2, 0.25) is 0 Å². The maximum atomic E-state index is 4.54. The molecular formula is C14H25N5. The van der Waals surface area contributed by atoms with E-state index in [0.717, 1.165) is 43.0 Å². The van der Waals surface area contributed by atoms with E-state index in [2.05, 4.69) is 46.4 Å². The molecule has 1 unspecified atom stereocenters. The van der Waals surface area contributed by atoms with Gasteiger partial charge < -0.3 is 15.5 Å². The van der Waals surface area contributed by atoms with Crippen LogP contribution in [0.5, 0.6) is 0 Å². The van der Waals surface area contributed by atoms with Gasteiger partial charge in [-0.25, -0.2) is 9.97 Å². The Labute approximate surface area is 115 Å². The Balaban J connectivity index is 2.06. The van der Waals surface area contributed by atoms with Gasteiger partial charge in [-0.05, 0) is 46.2 Å². The zero-order chi connectivity index (χ0) is 13.8. The summed E-state index contributed by atoms with van der Waals surface area (Å²) in [6.45, 7) is 9.48. The molecule has 1 aromatic heterocycles. The molecule has 5 heteroatoms. The van der Waals surface area contributed by atoms with E-state index in [1.54, 1.807) is 0 Å². The zero-order valence-corrected chi connectivity index (χ0v) is 12.4. The normalized spacial score (nSPS) is 18.9. The fourth-order valence-corrected chi connectivity index (χ4v) is 2.47. The quantitative estimate of drug-likeness (QED) is 0.846. The summed E-state index contributed by atoms with van der Waals surface area (Å²) in [6.07, 6.45) is 1.26. The Morgan fingerprint density at radius 3 is 2.89 bits per heavy atom. The molecule has 106 valence electrons. The van der Waals surface area contributed by atoms with Crippen LogP contribution in [-0.4, -0.2) is 42.7 Å². The van der Waals surface area contributed by atoms with Gasteiger partial charge in [-0.2, -0.15) is 0 Å². The molecule has 2 heterocycles. The van der Waals surface area contributed by atoms with Gasteiger partial charge in [-0.3, -0.25) is 0 Å². The summed E-state index contributed by atoms with van der Waals surface area (Å²) in [6, 6.07) is 2.42. The van der Waals surface area contributed by atoms with Crippen molar-refractivity contribution in [2.45, 2.75) is 33.2 Å². The largest absolute Gasteiger partial charge is 0.368 e. The summed E-state index contributed by atoms with van der Waals surface area (Å²) >= 11 is 0. The summed E-state index contributed by atoms with van der Waals surface area (Å²) in [5.74, 6) is 3.45. The molecule has 1 saturated heterocycles. The minimum atomic E-state index is 0.381. The standard InChI is InChI=1S/C14H25N5/c1-10(2)16-13-7-14(18-11(3)17-13)19(4)9-12-5-6-15-8-12/h7,10,12,15H,5-6,8-9H2,1-4H3,(H,16,17,18). The molecule has 1 aliphatic rings. The van der Waals surface area contributed by atoms with Crippen molar-refractivity contribution in [2.75, 3.05) is 36.9 Å². The molecule has 1 aliphatic heterocycles. The number of rotatable bonds is 5. The van der Waals surface area contributed by atoms with E-state index in [4.69, 9.17) is 0 Å². The van der Waals surface area contributed by atoms with Crippen molar-refractivity contribution in [3.05, 3.63) is 11.9 Å². The van der Waals surface area contributed by atoms with Gasteiger partial charge in [0.2, 0.25) is 0 Å². The Morgan fingerprint density at radius 1 is 1.47 bits per heavy atom. The minimum absolute atomic E-state index is 0.381. The fourth-order valence-electron chi connectivity index (χ4n) is 2.47. The first-order chi connectivity index (χ1) is 9.04. The van der Waals surface area contributed by atoms with Gasteiger partial charge in [0.15, 0.2) is 0 Å². The van der Waals surface area contributed by atoms with E-state index in [9.17, 15) is 0 Å². The molecule has 1 atom stereocenters. The molecule has 2 N–H and O–H groups in total. The van der Waals surface area contributed by atoms with Gasteiger partial charge in [-0.1, -0.05) is 0 Å². The zero-order valence-electron chi connectivity index (χ0n) is 12.4. The van der Waals surface area contributed by atoms with Gasteiger partial charge in [0, 0.05) is 25.7 Å². The number of nitrogens with one attached hydrogen (secondary N) is 2. The van der Waals surface area contributed by atoms with Crippen molar-refractivity contribution < 1.29 is 0 Å². The third-order valence-corrected chi connectivity index (χ3v) is 3.35. The summed E-state index contributed by atoms with van der Waals surface area (Å²) in [4.78, 5) is 11.2. The molecule has 0 saturated carbocycles. The van der Waals surface area contributed by atoms with Crippen LogP contribution in [0.15, 0.2) is 6.07 Å². The maximum Gasteiger partial charge on any atom is 0.134 e. The predicted molar refractivity (Wildman–Crippen MR) is 79.8 cm³/mol. The fraction of sp³-hybridized carbons (Fsp3) is 0.714. The molecule has 2 rings (SSSR count). The van der Waals surface area contributed by atoms with E-state index in [0.29, 0.717) is 6.04 Å². The number of aromatic nitrogens is 2. The van der Waals surface area contributed by atoms with Crippen LogP contribution < -0.4 is 15.5 Å². The van der Waals surface area contributed by atoms with Crippen molar-refractivity contribution in [1.82, 2.24) is 15.3 Å². The molecule has 0 amide bonds. The van der Waals surface area contributed by atoms with Crippen LogP contribution in [0.1, 0.15) is 26.1 Å². The Hall–Kier alpha value is -1.36. The molecular weight excluding hydrogens is 238 g/mol. The molecule has 1 fully saturated rings. The van der Waals surface area contributed by atoms with Crippen molar-refractivity contribution in [2.24, 2.45) is 5.92 Å². The number of anilines is 2. The van der Waals surface area contributed by atoms with E-state index in [-0.39, 0.29) is 0 Å². The highest BCUT2D eigenvalue weighted by molar-refractivity contribution is 5.49. The van der Waals surface area contributed by atoms with Gasteiger partial charge >= 0.3 is 0 Å². The highest BCUT2D eigenvalue weighted by atomic mass is 15.2. The molecule has 0 aromatic carbocycles. The number of nitrogens with zero attached hydrogens (tertiary/aromatic N) is 3. The lowest BCUT2D eigenvalue weighted by Crippen LogP contribution is -2.28. The second-order valence-electron chi connectivity index (χ2n) is 5.70. The lowest BCUT2D eigenvalue weighted by atomic mass is 10.1. The lowest BCUT2D eigenvalue weighted by Gasteiger charge is -2.22. The molecule has 0 spiro atoms. The Kier molecular flexibility index (Phi) is 4.58. The Bertz CT molecular complexity index is 412. The van der Waals surface area contributed by atoms with Crippen LogP contribution in [0.4, 0.5) is 11.6 Å². The minimum Gasteiger partial charge on any atom is -0.368 e. The smallest absolute Gasteiger partial charge is 0.134 e. The second kappa shape index (κ2) is 6.19. The summed E-state index contributed by atoms with van der Waals surface area (Å²) in [5, 5.41) is 6.75. The van der Waals surface area contributed by atoms with Crippen molar-refractivity contribution in [3.8, 4) is 0 Å². The topological polar surface area (TPSA) is 53.1 Å². The lowest BCUT2D eigenvalue weighted by molar-refractivity contribution is 0.575. The molecule has 0 aliphatic carbocycles. The van der Waals surface area contributed by atoms with Gasteiger partial charge in [0.25, 0.3) is 0 Å². The molecule has 0 radical (unpaired) electrons. The van der Waals surface area contributed by atoms with Crippen LogP contribution in [0, 0.1) is 12.8 Å². The van der Waals surface area contributed by atoms with Crippen LogP contribution >= 0.6 is 0 Å². The van der Waals surface area contributed by atoms with Gasteiger partial charge in [0.05, 0.1) is 0 Å². The molecule has 0 bridgehead atoms. The van der Waals surface area contributed by atoms with E-state index in [1.807, 2.05) is 13.0 Å². The Morgan fingerprint density at radius 2 is 2.26 bits per heavy atom. The first kappa shape index (κ1) is 14.1. The van der Waals surface area contributed by atoms with E-state index < -0.39 is 0 Å². The van der Waals surface area contributed by atoms with Gasteiger partial charge in [0.1, 0.15) is 17.5 Å². The first-order valence-electron chi connectivity index (χ1n) is 7.08. The number of hydrogen-bond donors (Lipinski definition) is 2. The molecule has 5 nitrogen and oxygen atoms in total. The highest BCUT2D eigenvalue weighted by Gasteiger charge is 2.17. The SMILES string of the molecule is Cc1nc(NC(C)C)cc(N(C)CC2CCNC2)n1. The average molecular weight is 263 g/mol. The third kappa shape index (κ3) is 4.06. The average Bonchev–Trinajstić information content (AvgIpc) is 2.80. The van der Waals surface area contributed by atoms with E-state index in [1.165, 1.54) is 6.42 Å². The predicted octanol–water partition coefficient (Wildman–Crippen LogP) is 1.65. The van der Waals surface area contributed by atoms with Crippen molar-refractivity contribution in [3.63, 3.8) is 0 Å². The van der Waals surface area contributed by atoms with Crippen LogP contribution in [0.25, 0.3) is 0 Å². The molecule has 19 heavy (non-hydrogen) atoms. The summed E-state index contributed by atoms with van der Waals surface area (Å²) in [5.41, 5.74) is 0. The van der Waals surface area contributed by atoms with Crippen molar-refractivity contribution >= 4 is 11.6 Å². The highest BCUT2D eigenvalue weighted by Crippen LogP contribution is 2.18. The maximum absolute atomic E-state index is 4.54. The number of hydrogen-bond acceptors (Lipinski definition) is 5. The monoisotopic (exact) mass is 263 g/mol. The summed E-state index contributed by atoms with van der Waals surface area (Å²) < 4.78 is 0. The second-order valence-corrected chi connectivity index (χ2v) is 5.70. The molecule has 1 aromatic rings. The van der Waals surface area contributed by atoms with Crippen LogP contribution in [0.3, 0.4) is 0 Å². The summed E-state index contributed by atoms with van der Waals surface area (Å²) in [7, 11) is 2.11.